The van der Waals surface area contributed by atoms with Crippen molar-refractivity contribution in [1.29, 1.82) is 0 Å². The van der Waals surface area contributed by atoms with Gasteiger partial charge in [-0.15, -0.1) is 11.3 Å². The Morgan fingerprint density at radius 3 is 2.84 bits per heavy atom. The maximum absolute atomic E-state index is 12.5. The first kappa shape index (κ1) is 16.0. The fraction of sp³-hybridized carbons (Fsp3) is 0.333. The van der Waals surface area contributed by atoms with E-state index in [0.29, 0.717) is 22.2 Å². The normalized spacial score (nSPS) is 19.0. The monoisotopic (exact) mass is 355 g/mol. The van der Waals surface area contributed by atoms with Gasteiger partial charge < -0.3 is 0 Å². The van der Waals surface area contributed by atoms with Crippen molar-refractivity contribution in [3.05, 3.63) is 45.5 Å². The molecule has 0 spiro atoms. The molecule has 1 aliphatic carbocycles. The number of nitrogens with zero attached hydrogens (tertiary/aromatic N) is 2. The summed E-state index contributed by atoms with van der Waals surface area (Å²) in [5, 5.41) is 3.40. The largest absolute Gasteiger partial charge is 0.298 e. The lowest BCUT2D eigenvalue weighted by molar-refractivity contribution is 0.0693. The van der Waals surface area contributed by atoms with Crippen LogP contribution in [0.2, 0.25) is 0 Å². The van der Waals surface area contributed by atoms with Crippen LogP contribution in [0.5, 0.6) is 0 Å². The number of hydrogen-bond donors (Lipinski definition) is 1. The quantitative estimate of drug-likeness (QED) is 0.840. The Kier molecular flexibility index (Phi) is 3.68. The standard InChI is InChI=1S/C18H17N3O3S/c1-9-3-6-13-14(7-9)25-18(19-13)20-15(22)10-4-5-11-12(8-10)17(24)21(2)16(11)23/h4-5,8-9H,3,6-7H2,1-2H3,(H,19,20,22). The number of benzene rings is 1. The Morgan fingerprint density at radius 1 is 1.28 bits per heavy atom. The van der Waals surface area contributed by atoms with E-state index in [0.717, 1.165) is 29.9 Å². The zero-order valence-corrected chi connectivity index (χ0v) is 14.8. The van der Waals surface area contributed by atoms with Crippen LogP contribution in [0.15, 0.2) is 18.2 Å². The van der Waals surface area contributed by atoms with Crippen LogP contribution in [0.3, 0.4) is 0 Å². The second kappa shape index (κ2) is 5.77. The molecule has 128 valence electrons. The van der Waals surface area contributed by atoms with Gasteiger partial charge in [0, 0.05) is 17.5 Å². The number of aromatic nitrogens is 1. The minimum atomic E-state index is -0.381. The zero-order valence-electron chi connectivity index (χ0n) is 14.0. The molecule has 1 N–H and O–H groups in total. The molecule has 1 aromatic heterocycles. The number of rotatable bonds is 2. The molecule has 6 nitrogen and oxygen atoms in total. The van der Waals surface area contributed by atoms with Crippen LogP contribution in [0.25, 0.3) is 0 Å². The van der Waals surface area contributed by atoms with Crippen LogP contribution in [-0.4, -0.2) is 34.7 Å². The predicted molar refractivity (Wildman–Crippen MR) is 94.1 cm³/mol. The van der Waals surface area contributed by atoms with Crippen molar-refractivity contribution >= 4 is 34.2 Å². The minimum Gasteiger partial charge on any atom is -0.298 e. The molecule has 2 aromatic rings. The summed E-state index contributed by atoms with van der Waals surface area (Å²) in [7, 11) is 1.44. The number of amides is 3. The van der Waals surface area contributed by atoms with Gasteiger partial charge in [-0.3, -0.25) is 24.6 Å². The molecule has 0 radical (unpaired) electrons. The van der Waals surface area contributed by atoms with Gasteiger partial charge in [0.25, 0.3) is 17.7 Å². The number of fused-ring (bicyclic) bond motifs is 2. The van der Waals surface area contributed by atoms with E-state index in [4.69, 9.17) is 0 Å². The van der Waals surface area contributed by atoms with Crippen LogP contribution >= 0.6 is 11.3 Å². The molecule has 3 amide bonds. The van der Waals surface area contributed by atoms with E-state index < -0.39 is 0 Å². The summed E-state index contributed by atoms with van der Waals surface area (Å²) in [5.41, 5.74) is 2.03. The van der Waals surface area contributed by atoms with Gasteiger partial charge in [0.05, 0.1) is 16.8 Å². The van der Waals surface area contributed by atoms with Gasteiger partial charge in [0.1, 0.15) is 0 Å². The Bertz CT molecular complexity index is 918. The highest BCUT2D eigenvalue weighted by atomic mass is 32.1. The summed E-state index contributed by atoms with van der Waals surface area (Å²) in [5.74, 6) is -0.396. The second-order valence-corrected chi connectivity index (χ2v) is 7.70. The third-order valence-corrected chi connectivity index (χ3v) is 5.79. The smallest absolute Gasteiger partial charge is 0.261 e. The summed E-state index contributed by atoms with van der Waals surface area (Å²) < 4.78 is 0. The van der Waals surface area contributed by atoms with Gasteiger partial charge >= 0.3 is 0 Å². The zero-order chi connectivity index (χ0) is 17.7. The van der Waals surface area contributed by atoms with Crippen LogP contribution < -0.4 is 5.32 Å². The van der Waals surface area contributed by atoms with Crippen molar-refractivity contribution in [1.82, 2.24) is 9.88 Å². The molecule has 25 heavy (non-hydrogen) atoms. The molecule has 1 atom stereocenters. The fourth-order valence-electron chi connectivity index (χ4n) is 3.27. The Labute approximate surface area is 148 Å². The molecule has 7 heteroatoms. The molecular formula is C18H17N3O3S. The Hall–Kier alpha value is -2.54. The molecule has 1 aromatic carbocycles. The Morgan fingerprint density at radius 2 is 2.04 bits per heavy atom. The maximum atomic E-state index is 12.5. The van der Waals surface area contributed by atoms with Crippen LogP contribution in [0, 0.1) is 5.92 Å². The van der Waals surface area contributed by atoms with Gasteiger partial charge in [0.15, 0.2) is 5.13 Å². The predicted octanol–water partition coefficient (Wildman–Crippen LogP) is 2.75. The SMILES string of the molecule is CC1CCc2nc(NC(=O)c3ccc4c(c3)C(=O)N(C)C4=O)sc2C1. The first-order valence-corrected chi connectivity index (χ1v) is 9.02. The summed E-state index contributed by atoms with van der Waals surface area (Å²) in [6.07, 6.45) is 3.08. The molecule has 0 bridgehead atoms. The van der Waals surface area contributed by atoms with Crippen molar-refractivity contribution in [3.8, 4) is 0 Å². The molecule has 4 rings (SSSR count). The van der Waals surface area contributed by atoms with Gasteiger partial charge in [-0.05, 0) is 43.4 Å². The lowest BCUT2D eigenvalue weighted by Gasteiger charge is -2.15. The van der Waals surface area contributed by atoms with E-state index in [-0.39, 0.29) is 23.3 Å². The number of hydrogen-bond acceptors (Lipinski definition) is 5. The van der Waals surface area contributed by atoms with Crippen LogP contribution in [-0.2, 0) is 12.8 Å². The number of carbonyl (C=O) groups excluding carboxylic acids is 3. The first-order chi connectivity index (χ1) is 11.9. The molecule has 0 fully saturated rings. The van der Waals surface area contributed by atoms with Gasteiger partial charge in [-0.1, -0.05) is 6.92 Å². The molecule has 1 aliphatic heterocycles. The van der Waals surface area contributed by atoms with Gasteiger partial charge in [0.2, 0.25) is 0 Å². The van der Waals surface area contributed by atoms with E-state index >= 15 is 0 Å². The average molecular weight is 355 g/mol. The number of nitrogens with one attached hydrogen (secondary N) is 1. The van der Waals surface area contributed by atoms with Crippen LogP contribution in [0.1, 0.15) is 55.0 Å². The first-order valence-electron chi connectivity index (χ1n) is 8.20. The third kappa shape index (κ3) is 2.64. The third-order valence-electron chi connectivity index (χ3n) is 4.76. The lowest BCUT2D eigenvalue weighted by Crippen LogP contribution is -2.24. The van der Waals surface area contributed by atoms with Crippen molar-refractivity contribution in [2.75, 3.05) is 12.4 Å². The molecule has 1 unspecified atom stereocenters. The maximum Gasteiger partial charge on any atom is 0.261 e. The number of thiazole rings is 1. The molecule has 0 saturated carbocycles. The average Bonchev–Trinajstić information content (AvgIpc) is 3.08. The minimum absolute atomic E-state index is 0.271. The Balaban J connectivity index is 1.57. The fourth-order valence-corrected chi connectivity index (χ4v) is 4.43. The van der Waals surface area contributed by atoms with Crippen molar-refractivity contribution in [2.45, 2.75) is 26.2 Å². The van der Waals surface area contributed by atoms with E-state index in [1.54, 1.807) is 6.07 Å². The van der Waals surface area contributed by atoms with Crippen LogP contribution in [0.4, 0.5) is 5.13 Å². The molecular weight excluding hydrogens is 338 g/mol. The van der Waals surface area contributed by atoms with Crippen molar-refractivity contribution in [3.63, 3.8) is 0 Å². The van der Waals surface area contributed by atoms with E-state index in [1.165, 1.54) is 35.4 Å². The topological polar surface area (TPSA) is 79.4 Å². The summed E-state index contributed by atoms with van der Waals surface area (Å²) in [6, 6.07) is 4.57. The highest BCUT2D eigenvalue weighted by Crippen LogP contribution is 2.32. The summed E-state index contributed by atoms with van der Waals surface area (Å²) >= 11 is 1.52. The summed E-state index contributed by atoms with van der Waals surface area (Å²) in [4.78, 5) is 43.3. The summed E-state index contributed by atoms with van der Waals surface area (Å²) in [6.45, 7) is 2.22. The highest BCUT2D eigenvalue weighted by molar-refractivity contribution is 7.15. The second-order valence-electron chi connectivity index (χ2n) is 6.62. The van der Waals surface area contributed by atoms with Crippen molar-refractivity contribution in [2.24, 2.45) is 5.92 Å². The number of imide groups is 1. The number of aryl methyl sites for hydroxylation is 1. The van der Waals surface area contributed by atoms with Gasteiger partial charge in [-0.2, -0.15) is 0 Å². The van der Waals surface area contributed by atoms with Gasteiger partial charge in [-0.25, -0.2) is 4.98 Å². The molecule has 2 aliphatic rings. The molecule has 2 heterocycles. The van der Waals surface area contributed by atoms with Crippen molar-refractivity contribution < 1.29 is 14.4 Å². The highest BCUT2D eigenvalue weighted by Gasteiger charge is 2.33. The lowest BCUT2D eigenvalue weighted by atomic mass is 9.93. The van der Waals surface area contributed by atoms with E-state index in [2.05, 4.69) is 17.2 Å². The number of carbonyl (C=O) groups is 3. The van der Waals surface area contributed by atoms with E-state index in [1.807, 2.05) is 0 Å². The molecule has 0 saturated heterocycles. The number of anilines is 1. The van der Waals surface area contributed by atoms with E-state index in [9.17, 15) is 14.4 Å².